The Bertz CT molecular complexity index is 1060. The second-order valence-electron chi connectivity index (χ2n) is 7.54. The molecule has 2 amide bonds. The molecule has 2 aromatic rings. The number of esters is 1. The summed E-state index contributed by atoms with van der Waals surface area (Å²) in [6.07, 6.45) is 1.10. The lowest BCUT2D eigenvalue weighted by Gasteiger charge is -2.12. The van der Waals surface area contributed by atoms with Crippen molar-refractivity contribution < 1.29 is 27.5 Å². The highest BCUT2D eigenvalue weighted by atomic mass is 32.2. The van der Waals surface area contributed by atoms with E-state index in [2.05, 4.69) is 10.6 Å². The zero-order valence-electron chi connectivity index (χ0n) is 17.7. The summed E-state index contributed by atoms with van der Waals surface area (Å²) >= 11 is 0. The maximum absolute atomic E-state index is 12.3. The molecule has 9 heteroatoms. The molecule has 0 bridgehead atoms. The lowest BCUT2D eigenvalue weighted by atomic mass is 10.1. The molecule has 0 unspecified atom stereocenters. The molecule has 2 aromatic carbocycles. The van der Waals surface area contributed by atoms with Crippen LogP contribution in [0.4, 0.5) is 5.69 Å². The quantitative estimate of drug-likeness (QED) is 0.571. The fourth-order valence-electron chi connectivity index (χ4n) is 2.67. The van der Waals surface area contributed by atoms with Gasteiger partial charge in [0.15, 0.2) is 16.4 Å². The van der Waals surface area contributed by atoms with Crippen molar-refractivity contribution in [3.8, 4) is 0 Å². The molecule has 166 valence electrons. The molecular weight excluding hydrogens is 420 g/mol. The van der Waals surface area contributed by atoms with Crippen LogP contribution in [-0.4, -0.2) is 45.6 Å². The van der Waals surface area contributed by atoms with Crippen LogP contribution >= 0.6 is 0 Å². The minimum absolute atomic E-state index is 0.141. The molecule has 0 saturated heterocycles. The van der Waals surface area contributed by atoms with Crippen molar-refractivity contribution >= 4 is 33.3 Å². The summed E-state index contributed by atoms with van der Waals surface area (Å²) < 4.78 is 27.9. The van der Waals surface area contributed by atoms with Gasteiger partial charge in [-0.1, -0.05) is 38.1 Å². The highest BCUT2D eigenvalue weighted by Gasteiger charge is 2.16. The average Bonchev–Trinajstić information content (AvgIpc) is 2.69. The highest BCUT2D eigenvalue weighted by Crippen LogP contribution is 2.15. The predicted octanol–water partition coefficient (Wildman–Crippen LogP) is 2.41. The first kappa shape index (κ1) is 24.1. The lowest BCUT2D eigenvalue weighted by Crippen LogP contribution is -2.29. The maximum atomic E-state index is 12.3. The molecule has 0 saturated carbocycles. The molecule has 8 nitrogen and oxygen atoms in total. The monoisotopic (exact) mass is 446 g/mol. The Morgan fingerprint density at radius 1 is 1.03 bits per heavy atom. The van der Waals surface area contributed by atoms with Crippen molar-refractivity contribution in [2.45, 2.75) is 19.6 Å². The zero-order chi connectivity index (χ0) is 23.0. The van der Waals surface area contributed by atoms with Gasteiger partial charge in [0.2, 0.25) is 0 Å². The van der Waals surface area contributed by atoms with E-state index in [1.807, 2.05) is 13.8 Å². The van der Waals surface area contributed by atoms with E-state index in [4.69, 9.17) is 4.74 Å². The summed E-state index contributed by atoms with van der Waals surface area (Å²) in [5, 5.41) is 5.36. The lowest BCUT2D eigenvalue weighted by molar-refractivity contribution is -0.119. The van der Waals surface area contributed by atoms with E-state index >= 15 is 0 Å². The number of benzene rings is 2. The highest BCUT2D eigenvalue weighted by molar-refractivity contribution is 7.89. The molecule has 2 N–H and O–H groups in total. The molecule has 0 spiro atoms. The molecular formula is C22H26N2O6S. The molecule has 0 aliphatic rings. The van der Waals surface area contributed by atoms with E-state index in [0.29, 0.717) is 23.4 Å². The van der Waals surface area contributed by atoms with Gasteiger partial charge >= 0.3 is 5.97 Å². The summed E-state index contributed by atoms with van der Waals surface area (Å²) in [5.74, 6) is -1.60. The topological polar surface area (TPSA) is 119 Å². The molecule has 2 rings (SSSR count). The molecule has 0 aliphatic heterocycles. The Morgan fingerprint density at radius 3 is 2.42 bits per heavy atom. The summed E-state index contributed by atoms with van der Waals surface area (Å²) in [6, 6.07) is 12.5. The van der Waals surface area contributed by atoms with E-state index < -0.39 is 28.3 Å². The molecule has 0 aliphatic carbocycles. The Kier molecular flexibility index (Phi) is 8.32. The fraction of sp³-hybridized carbons (Fsp3) is 0.318. The van der Waals surface area contributed by atoms with Crippen LogP contribution in [0.25, 0.3) is 0 Å². The fourth-order valence-corrected chi connectivity index (χ4v) is 3.46. The number of anilines is 1. The standard InChI is InChI=1S/C22H26N2O6S/c1-15(2)12-23-21(26)18-9-4-5-10-19(18)24-20(25)13-30-22(27)17-8-6-7-16(11-17)14-31(3,28)29/h4-11,15H,12-14H2,1-3H3,(H,23,26)(H,24,25). The predicted molar refractivity (Wildman–Crippen MR) is 118 cm³/mol. The van der Waals surface area contributed by atoms with Gasteiger partial charge in [-0.3, -0.25) is 9.59 Å². The number of hydrogen-bond acceptors (Lipinski definition) is 6. The summed E-state index contributed by atoms with van der Waals surface area (Å²) in [6.45, 7) is 3.88. The first-order chi connectivity index (χ1) is 14.5. The second kappa shape index (κ2) is 10.7. The molecule has 0 aromatic heterocycles. The Labute approximate surface area is 181 Å². The van der Waals surface area contributed by atoms with Gasteiger partial charge in [0.1, 0.15) is 0 Å². The maximum Gasteiger partial charge on any atom is 0.338 e. The van der Waals surface area contributed by atoms with Crippen LogP contribution < -0.4 is 10.6 Å². The largest absolute Gasteiger partial charge is 0.452 e. The number of para-hydroxylation sites is 1. The number of sulfone groups is 1. The van der Waals surface area contributed by atoms with Crippen molar-refractivity contribution in [1.29, 1.82) is 0 Å². The van der Waals surface area contributed by atoms with Crippen LogP contribution in [0.1, 0.15) is 40.1 Å². The van der Waals surface area contributed by atoms with Gasteiger partial charge < -0.3 is 15.4 Å². The number of ether oxygens (including phenoxy) is 1. The Hall–Kier alpha value is -3.20. The Morgan fingerprint density at radius 2 is 1.74 bits per heavy atom. The van der Waals surface area contributed by atoms with E-state index in [0.717, 1.165) is 6.26 Å². The van der Waals surface area contributed by atoms with Gasteiger partial charge in [0, 0.05) is 12.8 Å². The molecule has 31 heavy (non-hydrogen) atoms. The van der Waals surface area contributed by atoms with Crippen LogP contribution in [0.5, 0.6) is 0 Å². The van der Waals surface area contributed by atoms with Gasteiger partial charge in [-0.05, 0) is 35.7 Å². The summed E-state index contributed by atoms with van der Waals surface area (Å²) in [4.78, 5) is 36.8. The van der Waals surface area contributed by atoms with Gasteiger partial charge in [-0.25, -0.2) is 13.2 Å². The average molecular weight is 447 g/mol. The molecule has 0 heterocycles. The Balaban J connectivity index is 1.98. The van der Waals surface area contributed by atoms with Gasteiger partial charge in [-0.15, -0.1) is 0 Å². The number of amides is 2. The molecule has 0 fully saturated rings. The number of nitrogens with one attached hydrogen (secondary N) is 2. The SMILES string of the molecule is CC(C)CNC(=O)c1ccccc1NC(=O)COC(=O)c1cccc(CS(C)(=O)=O)c1. The van der Waals surface area contributed by atoms with Crippen LogP contribution in [0.15, 0.2) is 48.5 Å². The first-order valence-electron chi connectivity index (χ1n) is 9.66. The van der Waals surface area contributed by atoms with E-state index in [9.17, 15) is 22.8 Å². The third kappa shape index (κ3) is 8.21. The zero-order valence-corrected chi connectivity index (χ0v) is 18.5. The molecule has 0 radical (unpaired) electrons. The minimum Gasteiger partial charge on any atom is -0.452 e. The van der Waals surface area contributed by atoms with Gasteiger partial charge in [0.25, 0.3) is 11.8 Å². The third-order valence-electron chi connectivity index (χ3n) is 4.04. The number of hydrogen-bond donors (Lipinski definition) is 2. The summed E-state index contributed by atoms with van der Waals surface area (Å²) in [7, 11) is -3.25. The number of rotatable bonds is 9. The summed E-state index contributed by atoms with van der Waals surface area (Å²) in [5.41, 5.74) is 1.20. The number of carbonyl (C=O) groups excluding carboxylic acids is 3. The van der Waals surface area contributed by atoms with E-state index in [1.165, 1.54) is 12.1 Å². The van der Waals surface area contributed by atoms with Crippen LogP contribution in [0, 0.1) is 5.92 Å². The smallest absolute Gasteiger partial charge is 0.338 e. The third-order valence-corrected chi connectivity index (χ3v) is 4.90. The normalized spacial score (nSPS) is 11.1. The van der Waals surface area contributed by atoms with Crippen molar-refractivity contribution in [1.82, 2.24) is 5.32 Å². The van der Waals surface area contributed by atoms with E-state index in [-0.39, 0.29) is 23.1 Å². The van der Waals surface area contributed by atoms with Crippen molar-refractivity contribution in [2.75, 3.05) is 24.7 Å². The number of carbonyl (C=O) groups is 3. The van der Waals surface area contributed by atoms with Crippen LogP contribution in [0.2, 0.25) is 0 Å². The second-order valence-corrected chi connectivity index (χ2v) is 9.68. The minimum atomic E-state index is -3.25. The van der Waals surface area contributed by atoms with Crippen molar-refractivity contribution in [3.63, 3.8) is 0 Å². The van der Waals surface area contributed by atoms with Crippen LogP contribution in [-0.2, 0) is 25.1 Å². The molecule has 0 atom stereocenters. The van der Waals surface area contributed by atoms with E-state index in [1.54, 1.807) is 36.4 Å². The first-order valence-corrected chi connectivity index (χ1v) is 11.7. The van der Waals surface area contributed by atoms with Crippen molar-refractivity contribution in [3.05, 3.63) is 65.2 Å². The van der Waals surface area contributed by atoms with Crippen LogP contribution in [0.3, 0.4) is 0 Å². The van der Waals surface area contributed by atoms with Gasteiger partial charge in [0.05, 0.1) is 22.6 Å². The van der Waals surface area contributed by atoms with Gasteiger partial charge in [-0.2, -0.15) is 0 Å². The van der Waals surface area contributed by atoms with Crippen molar-refractivity contribution in [2.24, 2.45) is 5.92 Å².